The van der Waals surface area contributed by atoms with Crippen LogP contribution >= 0.6 is 0 Å². The normalized spacial score (nSPS) is 11.7. The van der Waals surface area contributed by atoms with Crippen LogP contribution in [0, 0.1) is 0 Å². The largest absolute Gasteiger partial charge is 0.416 e. The molecule has 2 rings (SSSR count). The highest BCUT2D eigenvalue weighted by atomic mass is 19.4. The molecule has 0 spiro atoms. The number of rotatable bonds is 1. The lowest BCUT2D eigenvalue weighted by Gasteiger charge is -2.08. The Hall–Kier alpha value is -2.05. The predicted octanol–water partition coefficient (Wildman–Crippen LogP) is 1.87. The molecule has 1 heterocycles. The molecule has 0 aliphatic carbocycles. The van der Waals surface area contributed by atoms with Gasteiger partial charge in [-0.1, -0.05) is 0 Å². The second kappa shape index (κ2) is 3.51. The number of alkyl halides is 3. The Kier molecular flexibility index (Phi) is 2.30. The molecule has 0 radical (unpaired) electrons. The lowest BCUT2D eigenvalue weighted by atomic mass is 10.2. The Bertz CT molecular complexity index is 486. The van der Waals surface area contributed by atoms with Crippen LogP contribution in [0.1, 0.15) is 5.56 Å². The number of nitrogen functional groups attached to an aromatic ring is 1. The summed E-state index contributed by atoms with van der Waals surface area (Å²) in [6.07, 6.45) is -3.00. The van der Waals surface area contributed by atoms with Gasteiger partial charge in [-0.05, 0) is 24.3 Å². The van der Waals surface area contributed by atoms with E-state index < -0.39 is 11.7 Å². The van der Waals surface area contributed by atoms with Crippen LogP contribution in [0.3, 0.4) is 0 Å². The number of nitrogens with two attached hydrogens (primary N) is 1. The van der Waals surface area contributed by atoms with Gasteiger partial charge in [-0.2, -0.15) is 13.2 Å². The SMILES string of the molecule is Nc1nncn1-c1ccc(C(F)(F)F)cc1. The van der Waals surface area contributed by atoms with Crippen LogP contribution in [0.15, 0.2) is 30.6 Å². The molecular formula is C9H7F3N4. The van der Waals surface area contributed by atoms with E-state index in [9.17, 15) is 13.2 Å². The number of benzene rings is 1. The van der Waals surface area contributed by atoms with E-state index in [4.69, 9.17) is 5.73 Å². The van der Waals surface area contributed by atoms with Crippen molar-refractivity contribution in [1.29, 1.82) is 0 Å². The van der Waals surface area contributed by atoms with Crippen molar-refractivity contribution in [3.8, 4) is 5.69 Å². The van der Waals surface area contributed by atoms with Gasteiger partial charge in [-0.3, -0.25) is 4.57 Å². The van der Waals surface area contributed by atoms with Gasteiger partial charge in [0.25, 0.3) is 0 Å². The highest BCUT2D eigenvalue weighted by Crippen LogP contribution is 2.29. The summed E-state index contributed by atoms with van der Waals surface area (Å²) in [6.45, 7) is 0. The van der Waals surface area contributed by atoms with Gasteiger partial charge in [0.05, 0.1) is 11.3 Å². The fourth-order valence-corrected chi connectivity index (χ4v) is 1.25. The quantitative estimate of drug-likeness (QED) is 0.810. The van der Waals surface area contributed by atoms with E-state index in [1.807, 2.05) is 0 Å². The number of hydrogen-bond acceptors (Lipinski definition) is 3. The van der Waals surface area contributed by atoms with Crippen LogP contribution in [0.25, 0.3) is 5.69 Å². The maximum absolute atomic E-state index is 12.3. The van der Waals surface area contributed by atoms with Crippen LogP contribution in [0.4, 0.5) is 19.1 Å². The van der Waals surface area contributed by atoms with Gasteiger partial charge in [0, 0.05) is 0 Å². The number of aromatic nitrogens is 3. The molecule has 0 aliphatic heterocycles. The second-order valence-corrected chi connectivity index (χ2v) is 3.10. The van der Waals surface area contributed by atoms with Gasteiger partial charge in [0.15, 0.2) is 0 Å². The summed E-state index contributed by atoms with van der Waals surface area (Å²) < 4.78 is 38.2. The topological polar surface area (TPSA) is 56.7 Å². The summed E-state index contributed by atoms with van der Waals surface area (Å²) in [5.74, 6) is 0.125. The molecule has 0 unspecified atom stereocenters. The van der Waals surface area contributed by atoms with Crippen molar-refractivity contribution < 1.29 is 13.2 Å². The number of anilines is 1. The second-order valence-electron chi connectivity index (χ2n) is 3.10. The molecule has 4 nitrogen and oxygen atoms in total. The lowest BCUT2D eigenvalue weighted by molar-refractivity contribution is -0.137. The first kappa shape index (κ1) is 10.5. The van der Waals surface area contributed by atoms with Gasteiger partial charge in [0.2, 0.25) is 5.95 Å². The van der Waals surface area contributed by atoms with Crippen LogP contribution in [0.5, 0.6) is 0 Å². The van der Waals surface area contributed by atoms with Crippen LogP contribution < -0.4 is 5.73 Å². The summed E-state index contributed by atoms with van der Waals surface area (Å²) >= 11 is 0. The van der Waals surface area contributed by atoms with Crippen molar-refractivity contribution in [3.63, 3.8) is 0 Å². The molecule has 1 aromatic carbocycles. The van der Waals surface area contributed by atoms with E-state index in [1.54, 1.807) is 0 Å². The molecule has 0 fully saturated rings. The Morgan fingerprint density at radius 2 is 1.75 bits per heavy atom. The van der Waals surface area contributed by atoms with E-state index in [0.717, 1.165) is 12.1 Å². The van der Waals surface area contributed by atoms with Crippen LogP contribution in [0.2, 0.25) is 0 Å². The molecule has 7 heteroatoms. The van der Waals surface area contributed by atoms with E-state index in [1.165, 1.54) is 23.0 Å². The van der Waals surface area contributed by atoms with Crippen LogP contribution in [-0.4, -0.2) is 14.8 Å². The molecule has 0 atom stereocenters. The first-order chi connectivity index (χ1) is 7.48. The minimum Gasteiger partial charge on any atom is -0.368 e. The average molecular weight is 228 g/mol. The van der Waals surface area contributed by atoms with Crippen molar-refractivity contribution in [2.45, 2.75) is 6.18 Å². The maximum atomic E-state index is 12.3. The highest BCUT2D eigenvalue weighted by Gasteiger charge is 2.30. The van der Waals surface area contributed by atoms with Crippen molar-refractivity contribution >= 4 is 5.95 Å². The van der Waals surface area contributed by atoms with Crippen molar-refractivity contribution in [2.24, 2.45) is 0 Å². The van der Waals surface area contributed by atoms with Gasteiger partial charge in [-0.25, -0.2) is 0 Å². The smallest absolute Gasteiger partial charge is 0.368 e. The fraction of sp³-hybridized carbons (Fsp3) is 0.111. The summed E-state index contributed by atoms with van der Waals surface area (Å²) in [7, 11) is 0. The molecule has 2 aromatic rings. The lowest BCUT2D eigenvalue weighted by Crippen LogP contribution is -2.05. The molecule has 84 valence electrons. The van der Waals surface area contributed by atoms with Gasteiger partial charge < -0.3 is 5.73 Å². The maximum Gasteiger partial charge on any atom is 0.416 e. The van der Waals surface area contributed by atoms with Gasteiger partial charge in [-0.15, -0.1) is 10.2 Å². The van der Waals surface area contributed by atoms with E-state index in [2.05, 4.69) is 10.2 Å². The molecule has 2 N–H and O–H groups in total. The molecule has 1 aromatic heterocycles. The summed E-state index contributed by atoms with van der Waals surface area (Å²) in [5, 5.41) is 7.07. The molecule has 0 aliphatic rings. The van der Waals surface area contributed by atoms with E-state index >= 15 is 0 Å². The molecule has 0 saturated heterocycles. The first-order valence-corrected chi connectivity index (χ1v) is 4.31. The average Bonchev–Trinajstić information content (AvgIpc) is 2.63. The first-order valence-electron chi connectivity index (χ1n) is 4.31. The third-order valence-corrected chi connectivity index (χ3v) is 2.05. The zero-order chi connectivity index (χ0) is 11.8. The zero-order valence-corrected chi connectivity index (χ0v) is 7.94. The Morgan fingerprint density at radius 1 is 1.12 bits per heavy atom. The minimum absolute atomic E-state index is 0.125. The number of nitrogens with zero attached hydrogens (tertiary/aromatic N) is 3. The molecule has 0 bridgehead atoms. The molecule has 16 heavy (non-hydrogen) atoms. The third-order valence-electron chi connectivity index (χ3n) is 2.05. The molecular weight excluding hydrogens is 221 g/mol. The van der Waals surface area contributed by atoms with Crippen molar-refractivity contribution in [2.75, 3.05) is 5.73 Å². The summed E-state index contributed by atoms with van der Waals surface area (Å²) in [5.41, 5.74) is 5.24. The monoisotopic (exact) mass is 228 g/mol. The molecule has 0 saturated carbocycles. The van der Waals surface area contributed by atoms with E-state index in [0.29, 0.717) is 5.69 Å². The Labute approximate surface area is 88.5 Å². The molecule has 0 amide bonds. The number of hydrogen-bond donors (Lipinski definition) is 1. The van der Waals surface area contributed by atoms with E-state index in [-0.39, 0.29) is 5.95 Å². The third kappa shape index (κ3) is 1.83. The van der Waals surface area contributed by atoms with Gasteiger partial charge >= 0.3 is 6.18 Å². The standard InChI is InChI=1S/C9H7F3N4/c10-9(11,12)6-1-3-7(4-2-6)16-5-14-15-8(16)13/h1-5H,(H2,13,15). The summed E-state index contributed by atoms with van der Waals surface area (Å²) in [6, 6.07) is 4.58. The van der Waals surface area contributed by atoms with Crippen molar-refractivity contribution in [3.05, 3.63) is 36.2 Å². The Morgan fingerprint density at radius 3 is 2.19 bits per heavy atom. The highest BCUT2D eigenvalue weighted by molar-refractivity contribution is 5.40. The Balaban J connectivity index is 2.37. The number of halogens is 3. The minimum atomic E-state index is -4.34. The summed E-state index contributed by atoms with van der Waals surface area (Å²) in [4.78, 5) is 0. The van der Waals surface area contributed by atoms with Crippen molar-refractivity contribution in [1.82, 2.24) is 14.8 Å². The van der Waals surface area contributed by atoms with Gasteiger partial charge in [0.1, 0.15) is 6.33 Å². The predicted molar refractivity (Wildman–Crippen MR) is 50.8 cm³/mol. The fourth-order valence-electron chi connectivity index (χ4n) is 1.25. The van der Waals surface area contributed by atoms with Crippen LogP contribution in [-0.2, 0) is 6.18 Å². The zero-order valence-electron chi connectivity index (χ0n) is 7.94.